The summed E-state index contributed by atoms with van der Waals surface area (Å²) >= 11 is 9.25. The quantitative estimate of drug-likeness (QED) is 0.844. The van der Waals surface area contributed by atoms with Gasteiger partial charge in [-0.25, -0.2) is 4.98 Å². The van der Waals surface area contributed by atoms with Gasteiger partial charge in [0.2, 0.25) is 5.28 Å². The van der Waals surface area contributed by atoms with E-state index in [2.05, 4.69) is 37.3 Å². The largest absolute Gasteiger partial charge is 0.493 e. The maximum Gasteiger partial charge on any atom is 0.224 e. The first-order chi connectivity index (χ1) is 9.24. The zero-order valence-corrected chi connectivity index (χ0v) is 12.3. The highest BCUT2D eigenvalue weighted by Crippen LogP contribution is 2.35. The molecule has 0 bridgehead atoms. The van der Waals surface area contributed by atoms with Crippen LogP contribution in [0.25, 0.3) is 0 Å². The zero-order valence-electron chi connectivity index (χ0n) is 9.94. The van der Waals surface area contributed by atoms with Crippen LogP contribution in [0.3, 0.4) is 0 Å². The second kappa shape index (κ2) is 5.35. The second-order valence-corrected chi connectivity index (χ2v) is 5.40. The fraction of sp³-hybridized carbons (Fsp3) is 0.231. The molecule has 2 heterocycles. The highest BCUT2D eigenvalue weighted by Gasteiger charge is 2.22. The molecular formula is C13H11BrClN3O. The predicted molar refractivity (Wildman–Crippen MR) is 77.7 cm³/mol. The standard InChI is InChI=1S/C13H11BrClN3O/c14-9-7-16-13(15)18-12(9)17-10-5-6-19-11-4-2-1-3-8(10)11/h1-4,7,10H,5-6H2,(H,16,17,18). The molecule has 2 aromatic rings. The minimum absolute atomic E-state index is 0.159. The number of halogens is 2. The van der Waals surface area contributed by atoms with E-state index in [0.29, 0.717) is 12.4 Å². The molecule has 1 aliphatic rings. The normalized spacial score (nSPS) is 17.5. The molecule has 0 amide bonds. The minimum atomic E-state index is 0.159. The molecule has 0 saturated heterocycles. The van der Waals surface area contributed by atoms with Gasteiger partial charge in [-0.15, -0.1) is 0 Å². The maximum absolute atomic E-state index is 5.83. The van der Waals surface area contributed by atoms with E-state index < -0.39 is 0 Å². The smallest absolute Gasteiger partial charge is 0.224 e. The van der Waals surface area contributed by atoms with Crippen LogP contribution >= 0.6 is 27.5 Å². The summed E-state index contributed by atoms with van der Waals surface area (Å²) in [4.78, 5) is 8.11. The van der Waals surface area contributed by atoms with Crippen molar-refractivity contribution in [2.45, 2.75) is 12.5 Å². The number of hydrogen-bond acceptors (Lipinski definition) is 4. The Morgan fingerprint density at radius 2 is 2.21 bits per heavy atom. The van der Waals surface area contributed by atoms with Gasteiger partial charge in [0.15, 0.2) is 0 Å². The minimum Gasteiger partial charge on any atom is -0.493 e. The number of nitrogens with one attached hydrogen (secondary N) is 1. The van der Waals surface area contributed by atoms with Crippen LogP contribution in [-0.4, -0.2) is 16.6 Å². The molecule has 0 fully saturated rings. The van der Waals surface area contributed by atoms with E-state index >= 15 is 0 Å². The molecule has 4 nitrogen and oxygen atoms in total. The summed E-state index contributed by atoms with van der Waals surface area (Å²) in [5.41, 5.74) is 1.13. The molecule has 19 heavy (non-hydrogen) atoms. The molecule has 0 radical (unpaired) electrons. The van der Waals surface area contributed by atoms with E-state index in [1.807, 2.05) is 18.2 Å². The van der Waals surface area contributed by atoms with Crippen molar-refractivity contribution in [3.05, 3.63) is 45.8 Å². The van der Waals surface area contributed by atoms with Gasteiger partial charge in [-0.1, -0.05) is 18.2 Å². The van der Waals surface area contributed by atoms with E-state index in [1.54, 1.807) is 6.20 Å². The molecule has 1 aliphatic heterocycles. The molecule has 3 rings (SSSR count). The van der Waals surface area contributed by atoms with Crippen molar-refractivity contribution in [2.75, 3.05) is 11.9 Å². The molecule has 98 valence electrons. The van der Waals surface area contributed by atoms with Crippen LogP contribution in [0, 0.1) is 0 Å². The van der Waals surface area contributed by atoms with Crippen LogP contribution in [0.1, 0.15) is 18.0 Å². The number of anilines is 1. The zero-order chi connectivity index (χ0) is 13.2. The highest BCUT2D eigenvalue weighted by molar-refractivity contribution is 9.10. The van der Waals surface area contributed by atoms with E-state index in [9.17, 15) is 0 Å². The van der Waals surface area contributed by atoms with Crippen LogP contribution in [0.4, 0.5) is 5.82 Å². The van der Waals surface area contributed by atoms with Crippen molar-refractivity contribution in [1.82, 2.24) is 9.97 Å². The number of para-hydroxylation sites is 1. The third-order valence-corrected chi connectivity index (χ3v) is 3.75. The molecule has 1 atom stereocenters. The van der Waals surface area contributed by atoms with Crippen molar-refractivity contribution in [2.24, 2.45) is 0 Å². The van der Waals surface area contributed by atoms with Gasteiger partial charge < -0.3 is 10.1 Å². The van der Waals surface area contributed by atoms with Crippen LogP contribution in [0.15, 0.2) is 34.9 Å². The van der Waals surface area contributed by atoms with Gasteiger partial charge in [0, 0.05) is 18.2 Å². The average molecular weight is 341 g/mol. The summed E-state index contributed by atoms with van der Waals surface area (Å²) in [5.74, 6) is 1.62. The van der Waals surface area contributed by atoms with Crippen molar-refractivity contribution < 1.29 is 4.74 Å². The van der Waals surface area contributed by atoms with Crippen molar-refractivity contribution >= 4 is 33.3 Å². The Balaban J connectivity index is 1.90. The number of rotatable bonds is 2. The number of aromatic nitrogens is 2. The Bertz CT molecular complexity index is 608. The Morgan fingerprint density at radius 3 is 3.11 bits per heavy atom. The summed E-state index contributed by atoms with van der Waals surface area (Å²) in [6, 6.07) is 8.17. The summed E-state index contributed by atoms with van der Waals surface area (Å²) in [7, 11) is 0. The van der Waals surface area contributed by atoms with Crippen molar-refractivity contribution in [1.29, 1.82) is 0 Å². The van der Waals surface area contributed by atoms with Gasteiger partial charge in [0.1, 0.15) is 11.6 Å². The molecule has 1 unspecified atom stereocenters. The number of nitrogens with zero attached hydrogens (tertiary/aromatic N) is 2. The third-order valence-electron chi connectivity index (χ3n) is 2.98. The third kappa shape index (κ3) is 2.67. The maximum atomic E-state index is 5.83. The molecule has 1 N–H and O–H groups in total. The highest BCUT2D eigenvalue weighted by atomic mass is 79.9. The van der Waals surface area contributed by atoms with E-state index in [4.69, 9.17) is 16.3 Å². The fourth-order valence-corrected chi connectivity index (χ4v) is 2.54. The number of fused-ring (bicyclic) bond motifs is 1. The topological polar surface area (TPSA) is 47.0 Å². The Labute approximate surface area is 124 Å². The molecule has 0 saturated carbocycles. The van der Waals surface area contributed by atoms with E-state index in [1.165, 1.54) is 0 Å². The Morgan fingerprint density at radius 1 is 1.37 bits per heavy atom. The first-order valence-electron chi connectivity index (χ1n) is 5.90. The lowest BCUT2D eigenvalue weighted by molar-refractivity contribution is 0.274. The molecule has 0 spiro atoms. The average Bonchev–Trinajstić information content (AvgIpc) is 2.43. The summed E-state index contributed by atoms with van der Waals surface area (Å²) in [6.07, 6.45) is 2.52. The van der Waals surface area contributed by atoms with Gasteiger partial charge in [0.05, 0.1) is 17.1 Å². The summed E-state index contributed by atoms with van der Waals surface area (Å²) in [5, 5.41) is 3.61. The number of benzene rings is 1. The number of ether oxygens (including phenoxy) is 1. The van der Waals surface area contributed by atoms with Crippen molar-refractivity contribution in [3.63, 3.8) is 0 Å². The van der Waals surface area contributed by atoms with Gasteiger partial charge >= 0.3 is 0 Å². The SMILES string of the molecule is Clc1ncc(Br)c(NC2CCOc3ccccc32)n1. The summed E-state index contributed by atoms with van der Waals surface area (Å²) in [6.45, 7) is 0.686. The van der Waals surface area contributed by atoms with Gasteiger partial charge in [-0.3, -0.25) is 0 Å². The lowest BCUT2D eigenvalue weighted by Crippen LogP contribution is -2.21. The van der Waals surface area contributed by atoms with Crippen LogP contribution in [0.5, 0.6) is 5.75 Å². The first kappa shape index (κ1) is 12.7. The van der Waals surface area contributed by atoms with Crippen molar-refractivity contribution in [3.8, 4) is 5.75 Å². The molecule has 1 aromatic heterocycles. The lowest BCUT2D eigenvalue weighted by atomic mass is 10.0. The summed E-state index contributed by atoms with van der Waals surface area (Å²) < 4.78 is 6.43. The second-order valence-electron chi connectivity index (χ2n) is 4.21. The monoisotopic (exact) mass is 339 g/mol. The number of hydrogen-bond donors (Lipinski definition) is 1. The first-order valence-corrected chi connectivity index (χ1v) is 7.07. The van der Waals surface area contributed by atoms with E-state index in [-0.39, 0.29) is 11.3 Å². The van der Waals surface area contributed by atoms with Gasteiger partial charge in [-0.2, -0.15) is 4.98 Å². The predicted octanol–water partition coefficient (Wildman–Crippen LogP) is 3.83. The van der Waals surface area contributed by atoms with Gasteiger partial charge in [0.25, 0.3) is 0 Å². The Hall–Kier alpha value is -1.33. The van der Waals surface area contributed by atoms with Gasteiger partial charge in [-0.05, 0) is 33.6 Å². The fourth-order valence-electron chi connectivity index (χ4n) is 2.10. The lowest BCUT2D eigenvalue weighted by Gasteiger charge is -2.27. The van der Waals surface area contributed by atoms with E-state index in [0.717, 1.165) is 22.2 Å². The van der Waals surface area contributed by atoms with Crippen LogP contribution in [0.2, 0.25) is 5.28 Å². The molecule has 0 aliphatic carbocycles. The molecular weight excluding hydrogens is 330 g/mol. The molecule has 1 aromatic carbocycles. The van der Waals surface area contributed by atoms with Crippen LogP contribution in [-0.2, 0) is 0 Å². The van der Waals surface area contributed by atoms with Crippen LogP contribution < -0.4 is 10.1 Å². The molecule has 6 heteroatoms. The Kier molecular flexibility index (Phi) is 3.57.